The second-order valence-electron chi connectivity index (χ2n) is 5.45. The summed E-state index contributed by atoms with van der Waals surface area (Å²) < 4.78 is 0. The highest BCUT2D eigenvalue weighted by atomic mass is 16.3. The molecular weight excluding hydrogens is 210 g/mol. The lowest BCUT2D eigenvalue weighted by molar-refractivity contribution is 0.154. The summed E-state index contributed by atoms with van der Waals surface area (Å²) in [5.41, 5.74) is 2.38. The Labute approximate surface area is 105 Å². The largest absolute Gasteiger partial charge is 0.388 e. The van der Waals surface area contributed by atoms with Crippen LogP contribution in [-0.2, 0) is 6.42 Å². The Morgan fingerprint density at radius 2 is 1.71 bits per heavy atom. The zero-order valence-corrected chi connectivity index (χ0v) is 11.5. The molecule has 2 heteroatoms. The average molecular weight is 235 g/mol. The van der Waals surface area contributed by atoms with Crippen molar-refractivity contribution < 1.29 is 5.11 Å². The molecule has 1 unspecified atom stereocenters. The van der Waals surface area contributed by atoms with Crippen molar-refractivity contribution >= 4 is 0 Å². The average Bonchev–Trinajstić information content (AvgIpc) is 2.26. The summed E-state index contributed by atoms with van der Waals surface area (Å²) in [6, 6.07) is 8.37. The SMILES string of the molecule is CC(C)Cc1ccc(C(O)CCN(C)C)cc1. The molecule has 17 heavy (non-hydrogen) atoms. The molecule has 1 aromatic carbocycles. The Morgan fingerprint density at radius 3 is 2.18 bits per heavy atom. The first-order valence-electron chi connectivity index (χ1n) is 6.40. The van der Waals surface area contributed by atoms with E-state index >= 15 is 0 Å². The van der Waals surface area contributed by atoms with E-state index in [-0.39, 0.29) is 6.10 Å². The van der Waals surface area contributed by atoms with E-state index in [1.807, 2.05) is 14.1 Å². The van der Waals surface area contributed by atoms with E-state index in [0.717, 1.165) is 24.9 Å². The molecule has 0 amide bonds. The number of aliphatic hydroxyl groups excluding tert-OH is 1. The van der Waals surface area contributed by atoms with Crippen LogP contribution in [0.5, 0.6) is 0 Å². The zero-order chi connectivity index (χ0) is 12.8. The monoisotopic (exact) mass is 235 g/mol. The number of aliphatic hydroxyl groups is 1. The molecule has 96 valence electrons. The lowest BCUT2D eigenvalue weighted by atomic mass is 9.99. The van der Waals surface area contributed by atoms with Crippen LogP contribution in [0.3, 0.4) is 0 Å². The van der Waals surface area contributed by atoms with Gasteiger partial charge in [0.2, 0.25) is 0 Å². The Hall–Kier alpha value is -0.860. The molecule has 0 aliphatic carbocycles. The van der Waals surface area contributed by atoms with Crippen LogP contribution in [0.1, 0.15) is 37.5 Å². The molecule has 0 fully saturated rings. The molecule has 1 N–H and O–H groups in total. The molecule has 0 saturated heterocycles. The van der Waals surface area contributed by atoms with Crippen molar-refractivity contribution in [1.82, 2.24) is 4.90 Å². The Kier molecular flexibility index (Phi) is 5.66. The Bertz CT molecular complexity index is 316. The summed E-state index contributed by atoms with van der Waals surface area (Å²) in [5, 5.41) is 10.0. The van der Waals surface area contributed by atoms with Gasteiger partial charge in [0, 0.05) is 6.54 Å². The molecule has 0 bridgehead atoms. The lowest BCUT2D eigenvalue weighted by Crippen LogP contribution is -2.15. The maximum atomic E-state index is 10.0. The van der Waals surface area contributed by atoms with Crippen LogP contribution in [0.4, 0.5) is 0 Å². The van der Waals surface area contributed by atoms with E-state index in [2.05, 4.69) is 43.0 Å². The molecule has 0 heterocycles. The normalized spacial score (nSPS) is 13.4. The molecule has 1 rings (SSSR count). The minimum atomic E-state index is -0.342. The van der Waals surface area contributed by atoms with Crippen LogP contribution in [-0.4, -0.2) is 30.6 Å². The van der Waals surface area contributed by atoms with Gasteiger partial charge in [0.15, 0.2) is 0 Å². The van der Waals surface area contributed by atoms with Gasteiger partial charge in [0.25, 0.3) is 0 Å². The maximum Gasteiger partial charge on any atom is 0.0802 e. The highest BCUT2D eigenvalue weighted by molar-refractivity contribution is 5.24. The first-order valence-corrected chi connectivity index (χ1v) is 6.40. The maximum absolute atomic E-state index is 10.0. The molecule has 0 radical (unpaired) electrons. The van der Waals surface area contributed by atoms with Crippen molar-refractivity contribution in [2.75, 3.05) is 20.6 Å². The van der Waals surface area contributed by atoms with Gasteiger partial charge in [0.05, 0.1) is 6.10 Å². The summed E-state index contributed by atoms with van der Waals surface area (Å²) in [7, 11) is 4.05. The Balaban J connectivity index is 2.54. The quantitative estimate of drug-likeness (QED) is 0.819. The molecule has 0 spiro atoms. The van der Waals surface area contributed by atoms with Crippen molar-refractivity contribution in [3.05, 3.63) is 35.4 Å². The summed E-state index contributed by atoms with van der Waals surface area (Å²) >= 11 is 0. The smallest absolute Gasteiger partial charge is 0.0802 e. The first-order chi connectivity index (χ1) is 7.99. The molecule has 0 aliphatic rings. The van der Waals surface area contributed by atoms with Crippen molar-refractivity contribution in [1.29, 1.82) is 0 Å². The number of hydrogen-bond acceptors (Lipinski definition) is 2. The fraction of sp³-hybridized carbons (Fsp3) is 0.600. The van der Waals surface area contributed by atoms with Gasteiger partial charge in [-0.15, -0.1) is 0 Å². The van der Waals surface area contributed by atoms with Crippen LogP contribution < -0.4 is 0 Å². The number of nitrogens with zero attached hydrogens (tertiary/aromatic N) is 1. The van der Waals surface area contributed by atoms with Crippen molar-refractivity contribution in [3.63, 3.8) is 0 Å². The van der Waals surface area contributed by atoms with Gasteiger partial charge in [-0.05, 0) is 44.0 Å². The highest BCUT2D eigenvalue weighted by Gasteiger charge is 2.08. The molecular formula is C15H25NO. The van der Waals surface area contributed by atoms with Crippen LogP contribution in [0.2, 0.25) is 0 Å². The van der Waals surface area contributed by atoms with E-state index in [4.69, 9.17) is 0 Å². The third kappa shape index (κ3) is 5.33. The molecule has 0 aliphatic heterocycles. The summed E-state index contributed by atoms with van der Waals surface area (Å²) in [5.74, 6) is 0.680. The van der Waals surface area contributed by atoms with Crippen LogP contribution in [0, 0.1) is 5.92 Å². The van der Waals surface area contributed by atoms with E-state index in [1.165, 1.54) is 5.56 Å². The second kappa shape index (κ2) is 6.77. The van der Waals surface area contributed by atoms with Gasteiger partial charge in [-0.1, -0.05) is 38.1 Å². The van der Waals surface area contributed by atoms with E-state index in [1.54, 1.807) is 0 Å². The van der Waals surface area contributed by atoms with E-state index < -0.39 is 0 Å². The predicted octanol–water partition coefficient (Wildman–Crippen LogP) is 2.87. The summed E-state index contributed by atoms with van der Waals surface area (Å²) in [6.45, 7) is 5.36. The first kappa shape index (κ1) is 14.2. The molecule has 1 aromatic rings. The minimum Gasteiger partial charge on any atom is -0.388 e. The van der Waals surface area contributed by atoms with Gasteiger partial charge >= 0.3 is 0 Å². The summed E-state index contributed by atoms with van der Waals surface area (Å²) in [4.78, 5) is 2.09. The zero-order valence-electron chi connectivity index (χ0n) is 11.5. The standard InChI is InChI=1S/C15H25NO/c1-12(2)11-13-5-7-14(8-6-13)15(17)9-10-16(3)4/h5-8,12,15,17H,9-11H2,1-4H3. The third-order valence-electron chi connectivity index (χ3n) is 2.86. The van der Waals surface area contributed by atoms with E-state index in [9.17, 15) is 5.11 Å². The van der Waals surface area contributed by atoms with Crippen LogP contribution in [0.15, 0.2) is 24.3 Å². The molecule has 1 atom stereocenters. The van der Waals surface area contributed by atoms with E-state index in [0.29, 0.717) is 5.92 Å². The number of benzene rings is 1. The van der Waals surface area contributed by atoms with Gasteiger partial charge in [0.1, 0.15) is 0 Å². The minimum absolute atomic E-state index is 0.342. The van der Waals surface area contributed by atoms with Crippen molar-refractivity contribution in [2.45, 2.75) is 32.8 Å². The topological polar surface area (TPSA) is 23.5 Å². The highest BCUT2D eigenvalue weighted by Crippen LogP contribution is 2.18. The fourth-order valence-electron chi connectivity index (χ4n) is 1.89. The van der Waals surface area contributed by atoms with Gasteiger partial charge < -0.3 is 10.0 Å². The van der Waals surface area contributed by atoms with Gasteiger partial charge in [-0.25, -0.2) is 0 Å². The summed E-state index contributed by atoms with van der Waals surface area (Å²) in [6.07, 6.45) is 1.55. The second-order valence-corrected chi connectivity index (χ2v) is 5.45. The predicted molar refractivity (Wildman–Crippen MR) is 73.1 cm³/mol. The lowest BCUT2D eigenvalue weighted by Gasteiger charge is -2.15. The molecule has 0 aromatic heterocycles. The van der Waals surface area contributed by atoms with Gasteiger partial charge in [-0.3, -0.25) is 0 Å². The molecule has 0 saturated carbocycles. The van der Waals surface area contributed by atoms with Crippen LogP contribution in [0.25, 0.3) is 0 Å². The number of hydrogen-bond donors (Lipinski definition) is 1. The number of rotatable bonds is 6. The fourth-order valence-corrected chi connectivity index (χ4v) is 1.89. The Morgan fingerprint density at radius 1 is 1.12 bits per heavy atom. The van der Waals surface area contributed by atoms with Gasteiger partial charge in [-0.2, -0.15) is 0 Å². The third-order valence-corrected chi connectivity index (χ3v) is 2.86. The molecule has 2 nitrogen and oxygen atoms in total. The van der Waals surface area contributed by atoms with Crippen molar-refractivity contribution in [2.24, 2.45) is 5.92 Å². The van der Waals surface area contributed by atoms with Crippen molar-refractivity contribution in [3.8, 4) is 0 Å². The van der Waals surface area contributed by atoms with Crippen LogP contribution >= 0.6 is 0 Å².